The van der Waals surface area contributed by atoms with E-state index in [0.29, 0.717) is 5.56 Å². The lowest BCUT2D eigenvalue weighted by Gasteiger charge is -2.19. The number of aliphatic hydroxyl groups is 1. The molecular formula is C10H12F3NO. The Morgan fingerprint density at radius 2 is 1.73 bits per heavy atom. The number of nitrogens with two attached hydrogens (primary N) is 1. The third-order valence-electron chi connectivity index (χ3n) is 2.08. The average molecular weight is 219 g/mol. The van der Waals surface area contributed by atoms with Crippen LogP contribution in [0.4, 0.5) is 13.2 Å². The molecule has 0 amide bonds. The molecule has 2 atom stereocenters. The summed E-state index contributed by atoms with van der Waals surface area (Å²) < 4.78 is 36.3. The monoisotopic (exact) mass is 219 g/mol. The second-order valence-corrected chi connectivity index (χ2v) is 3.31. The number of rotatable bonds is 3. The maximum absolute atomic E-state index is 12.1. The van der Waals surface area contributed by atoms with Crippen molar-refractivity contribution in [1.82, 2.24) is 0 Å². The van der Waals surface area contributed by atoms with Crippen LogP contribution in [-0.2, 0) is 0 Å². The maximum Gasteiger partial charge on any atom is 0.403 e. The Morgan fingerprint density at radius 1 is 1.20 bits per heavy atom. The Morgan fingerprint density at radius 3 is 2.20 bits per heavy atom. The highest BCUT2D eigenvalue weighted by Crippen LogP contribution is 2.26. The SMILES string of the molecule is N[C@@H](C[C@@H](O)c1ccccc1)C(F)(F)F. The van der Waals surface area contributed by atoms with Gasteiger partial charge in [0.15, 0.2) is 0 Å². The van der Waals surface area contributed by atoms with Crippen molar-refractivity contribution in [2.24, 2.45) is 5.73 Å². The normalized spacial score (nSPS) is 16.1. The van der Waals surface area contributed by atoms with Crippen molar-refractivity contribution in [3.05, 3.63) is 35.9 Å². The van der Waals surface area contributed by atoms with Gasteiger partial charge in [-0.1, -0.05) is 30.3 Å². The first-order chi connectivity index (χ1) is 6.91. The van der Waals surface area contributed by atoms with Crippen molar-refractivity contribution in [3.8, 4) is 0 Å². The van der Waals surface area contributed by atoms with Gasteiger partial charge in [-0.05, 0) is 5.56 Å². The molecule has 0 aliphatic heterocycles. The van der Waals surface area contributed by atoms with Gasteiger partial charge in [0.05, 0.1) is 6.10 Å². The minimum Gasteiger partial charge on any atom is -0.388 e. The molecule has 0 radical (unpaired) electrons. The molecule has 0 aliphatic carbocycles. The van der Waals surface area contributed by atoms with E-state index in [1.54, 1.807) is 30.3 Å². The summed E-state index contributed by atoms with van der Waals surface area (Å²) in [7, 11) is 0. The smallest absolute Gasteiger partial charge is 0.388 e. The Kier molecular flexibility index (Phi) is 3.71. The molecule has 0 aliphatic rings. The van der Waals surface area contributed by atoms with Crippen LogP contribution in [0, 0.1) is 0 Å². The number of hydrogen-bond donors (Lipinski definition) is 2. The van der Waals surface area contributed by atoms with Gasteiger partial charge in [-0.3, -0.25) is 0 Å². The molecule has 1 rings (SSSR count). The van der Waals surface area contributed by atoms with Crippen LogP contribution in [0.2, 0.25) is 0 Å². The van der Waals surface area contributed by atoms with E-state index >= 15 is 0 Å². The van der Waals surface area contributed by atoms with Crippen LogP contribution < -0.4 is 5.73 Å². The lowest BCUT2D eigenvalue weighted by Crippen LogP contribution is -2.38. The van der Waals surface area contributed by atoms with Crippen LogP contribution in [0.15, 0.2) is 30.3 Å². The molecule has 5 heteroatoms. The number of halogens is 3. The molecule has 0 bridgehead atoms. The number of benzene rings is 1. The standard InChI is InChI=1S/C10H12F3NO/c11-10(12,13)9(14)6-8(15)7-4-2-1-3-5-7/h1-5,8-9,15H,6,14H2/t8-,9+/m1/s1. The summed E-state index contributed by atoms with van der Waals surface area (Å²) in [5, 5.41) is 9.47. The molecule has 84 valence electrons. The van der Waals surface area contributed by atoms with Gasteiger partial charge >= 0.3 is 6.18 Å². The molecule has 0 fully saturated rings. The predicted octanol–water partition coefficient (Wildman–Crippen LogP) is 2.00. The van der Waals surface area contributed by atoms with Gasteiger partial charge in [0.1, 0.15) is 6.04 Å². The third-order valence-corrected chi connectivity index (χ3v) is 2.08. The Bertz CT molecular complexity index is 299. The van der Waals surface area contributed by atoms with Crippen molar-refractivity contribution in [1.29, 1.82) is 0 Å². The van der Waals surface area contributed by atoms with Crippen LogP contribution in [-0.4, -0.2) is 17.3 Å². The first-order valence-electron chi connectivity index (χ1n) is 4.46. The first kappa shape index (κ1) is 12.0. The third kappa shape index (κ3) is 3.53. The molecule has 2 nitrogen and oxygen atoms in total. The quantitative estimate of drug-likeness (QED) is 0.816. The fraction of sp³-hybridized carbons (Fsp3) is 0.400. The zero-order valence-electron chi connectivity index (χ0n) is 7.91. The first-order valence-corrected chi connectivity index (χ1v) is 4.46. The molecule has 15 heavy (non-hydrogen) atoms. The van der Waals surface area contributed by atoms with E-state index in [1.807, 2.05) is 0 Å². The van der Waals surface area contributed by atoms with E-state index in [2.05, 4.69) is 0 Å². The van der Waals surface area contributed by atoms with Gasteiger partial charge in [0, 0.05) is 6.42 Å². The van der Waals surface area contributed by atoms with Crippen LogP contribution >= 0.6 is 0 Å². The summed E-state index contributed by atoms with van der Waals surface area (Å²) in [6.07, 6.45) is -6.16. The van der Waals surface area contributed by atoms with Gasteiger partial charge < -0.3 is 10.8 Å². The van der Waals surface area contributed by atoms with Crippen LogP contribution in [0.25, 0.3) is 0 Å². The molecule has 1 aromatic carbocycles. The molecule has 0 saturated carbocycles. The Balaban J connectivity index is 2.61. The molecule has 0 spiro atoms. The molecule has 1 aromatic rings. The van der Waals surface area contributed by atoms with Gasteiger partial charge in [-0.15, -0.1) is 0 Å². The fourth-order valence-electron chi connectivity index (χ4n) is 1.19. The molecule has 0 heterocycles. The van der Waals surface area contributed by atoms with Gasteiger partial charge in [-0.25, -0.2) is 0 Å². The lowest BCUT2D eigenvalue weighted by molar-refractivity contribution is -0.153. The summed E-state index contributed by atoms with van der Waals surface area (Å²) in [4.78, 5) is 0. The molecule has 3 N–H and O–H groups in total. The van der Waals surface area contributed by atoms with Crippen molar-refractivity contribution in [2.75, 3.05) is 0 Å². The zero-order chi connectivity index (χ0) is 11.5. The molecule has 0 saturated heterocycles. The van der Waals surface area contributed by atoms with Gasteiger partial charge in [-0.2, -0.15) is 13.2 Å². The second kappa shape index (κ2) is 4.63. The van der Waals surface area contributed by atoms with E-state index in [-0.39, 0.29) is 0 Å². The van der Waals surface area contributed by atoms with Gasteiger partial charge in [0.2, 0.25) is 0 Å². The van der Waals surface area contributed by atoms with E-state index < -0.39 is 24.7 Å². The van der Waals surface area contributed by atoms with Crippen molar-refractivity contribution in [3.63, 3.8) is 0 Å². The van der Waals surface area contributed by atoms with E-state index in [0.717, 1.165) is 0 Å². The topological polar surface area (TPSA) is 46.2 Å². The largest absolute Gasteiger partial charge is 0.403 e. The number of hydrogen-bond acceptors (Lipinski definition) is 2. The van der Waals surface area contributed by atoms with E-state index in [1.165, 1.54) is 0 Å². The highest BCUT2D eigenvalue weighted by molar-refractivity contribution is 5.17. The number of alkyl halides is 3. The van der Waals surface area contributed by atoms with Crippen molar-refractivity contribution >= 4 is 0 Å². The summed E-state index contributed by atoms with van der Waals surface area (Å²) in [6.45, 7) is 0. The predicted molar refractivity (Wildman–Crippen MR) is 50.0 cm³/mol. The van der Waals surface area contributed by atoms with Crippen molar-refractivity contribution in [2.45, 2.75) is 24.7 Å². The summed E-state index contributed by atoms with van der Waals surface area (Å²) in [6, 6.07) is 6.16. The van der Waals surface area contributed by atoms with Crippen molar-refractivity contribution < 1.29 is 18.3 Å². The average Bonchev–Trinajstić information content (AvgIpc) is 2.17. The lowest BCUT2D eigenvalue weighted by atomic mass is 10.0. The van der Waals surface area contributed by atoms with E-state index in [9.17, 15) is 18.3 Å². The second-order valence-electron chi connectivity index (χ2n) is 3.31. The summed E-state index contributed by atoms with van der Waals surface area (Å²) in [5.41, 5.74) is 5.35. The minimum absolute atomic E-state index is 0.442. The van der Waals surface area contributed by atoms with Crippen LogP contribution in [0.1, 0.15) is 18.1 Å². The highest BCUT2D eigenvalue weighted by Gasteiger charge is 2.37. The van der Waals surface area contributed by atoms with Crippen LogP contribution in [0.3, 0.4) is 0 Å². The Hall–Kier alpha value is -1.07. The summed E-state index contributed by atoms with van der Waals surface area (Å²) >= 11 is 0. The van der Waals surface area contributed by atoms with Crippen LogP contribution in [0.5, 0.6) is 0 Å². The van der Waals surface area contributed by atoms with Gasteiger partial charge in [0.25, 0.3) is 0 Å². The molecule has 0 unspecified atom stereocenters. The molecular weight excluding hydrogens is 207 g/mol. The summed E-state index contributed by atoms with van der Waals surface area (Å²) in [5.74, 6) is 0. The Labute approximate surface area is 85.5 Å². The number of aliphatic hydroxyl groups excluding tert-OH is 1. The molecule has 0 aromatic heterocycles. The zero-order valence-corrected chi connectivity index (χ0v) is 7.91. The fourth-order valence-corrected chi connectivity index (χ4v) is 1.19. The maximum atomic E-state index is 12.1. The minimum atomic E-state index is -4.46. The van der Waals surface area contributed by atoms with E-state index in [4.69, 9.17) is 5.73 Å². The highest BCUT2D eigenvalue weighted by atomic mass is 19.4.